The summed E-state index contributed by atoms with van der Waals surface area (Å²) in [6.07, 6.45) is -0.0823. The summed E-state index contributed by atoms with van der Waals surface area (Å²) in [5.74, 6) is 0. The first-order chi connectivity index (χ1) is 10.1. The number of rotatable bonds is 2. The van der Waals surface area contributed by atoms with Gasteiger partial charge in [0.1, 0.15) is 6.17 Å². The molecule has 0 aliphatic carbocycles. The second-order valence-corrected chi connectivity index (χ2v) is 7.20. The zero-order chi connectivity index (χ0) is 14.9. The quantitative estimate of drug-likeness (QED) is 0.570. The van der Waals surface area contributed by atoms with Crippen molar-refractivity contribution in [2.24, 2.45) is 0 Å². The summed E-state index contributed by atoms with van der Waals surface area (Å²) < 4.78 is -1.43. The minimum atomic E-state index is -1.43. The van der Waals surface area contributed by atoms with Gasteiger partial charge in [0.05, 0.1) is 0 Å². The SMILES string of the molecule is ClC(Cl)(Cl)N1CCN(c2ccccc2)C1c1ccccc1. The van der Waals surface area contributed by atoms with E-state index in [9.17, 15) is 0 Å². The van der Waals surface area contributed by atoms with Gasteiger partial charge in [0.15, 0.2) is 0 Å². The minimum absolute atomic E-state index is 0.0823. The van der Waals surface area contributed by atoms with Crippen LogP contribution in [0.1, 0.15) is 11.7 Å². The number of halogens is 3. The summed E-state index contributed by atoms with van der Waals surface area (Å²) in [7, 11) is 0. The Labute approximate surface area is 139 Å². The zero-order valence-corrected chi connectivity index (χ0v) is 13.6. The van der Waals surface area contributed by atoms with Gasteiger partial charge >= 0.3 is 0 Å². The lowest BCUT2D eigenvalue weighted by Crippen LogP contribution is -2.38. The van der Waals surface area contributed by atoms with Gasteiger partial charge in [0.2, 0.25) is 3.92 Å². The van der Waals surface area contributed by atoms with Crippen molar-refractivity contribution in [1.82, 2.24) is 4.90 Å². The van der Waals surface area contributed by atoms with Crippen molar-refractivity contribution in [3.8, 4) is 0 Å². The Morgan fingerprint density at radius 3 is 1.95 bits per heavy atom. The Balaban J connectivity index is 2.01. The van der Waals surface area contributed by atoms with Crippen LogP contribution in [0.25, 0.3) is 0 Å². The van der Waals surface area contributed by atoms with E-state index in [1.165, 1.54) is 0 Å². The highest BCUT2D eigenvalue weighted by Crippen LogP contribution is 2.43. The van der Waals surface area contributed by atoms with E-state index in [-0.39, 0.29) is 6.17 Å². The van der Waals surface area contributed by atoms with E-state index in [1.54, 1.807) is 0 Å². The normalized spacial score (nSPS) is 20.0. The lowest BCUT2D eigenvalue weighted by molar-refractivity contribution is 0.259. The van der Waals surface area contributed by atoms with Gasteiger partial charge in [-0.3, -0.25) is 0 Å². The van der Waals surface area contributed by atoms with E-state index in [2.05, 4.69) is 29.2 Å². The summed E-state index contributed by atoms with van der Waals surface area (Å²) in [6, 6.07) is 20.3. The van der Waals surface area contributed by atoms with Crippen LogP contribution in [0.4, 0.5) is 5.69 Å². The van der Waals surface area contributed by atoms with Crippen LogP contribution in [0.15, 0.2) is 60.7 Å². The molecule has 3 rings (SSSR count). The number of alkyl halides is 3. The lowest BCUT2D eigenvalue weighted by Gasteiger charge is -2.35. The molecule has 1 atom stereocenters. The average Bonchev–Trinajstić information content (AvgIpc) is 2.94. The van der Waals surface area contributed by atoms with Gasteiger partial charge in [-0.2, -0.15) is 0 Å². The van der Waals surface area contributed by atoms with Gasteiger partial charge in [-0.05, 0) is 17.7 Å². The Kier molecular flexibility index (Phi) is 4.32. The number of para-hydroxylation sites is 1. The van der Waals surface area contributed by atoms with Crippen LogP contribution in [0.2, 0.25) is 0 Å². The summed E-state index contributed by atoms with van der Waals surface area (Å²) in [5.41, 5.74) is 2.24. The lowest BCUT2D eigenvalue weighted by atomic mass is 10.1. The van der Waals surface area contributed by atoms with Crippen molar-refractivity contribution in [2.75, 3.05) is 18.0 Å². The molecule has 1 unspecified atom stereocenters. The Morgan fingerprint density at radius 1 is 0.810 bits per heavy atom. The molecule has 5 heteroatoms. The Bertz CT molecular complexity index is 583. The van der Waals surface area contributed by atoms with Gasteiger partial charge in [-0.1, -0.05) is 83.3 Å². The predicted molar refractivity (Wildman–Crippen MR) is 90.0 cm³/mol. The molecule has 0 spiro atoms. The van der Waals surface area contributed by atoms with E-state index >= 15 is 0 Å². The highest BCUT2D eigenvalue weighted by molar-refractivity contribution is 6.67. The average molecular weight is 342 g/mol. The molecule has 0 saturated carbocycles. The van der Waals surface area contributed by atoms with Crippen molar-refractivity contribution < 1.29 is 0 Å². The zero-order valence-electron chi connectivity index (χ0n) is 11.3. The molecule has 1 fully saturated rings. The molecule has 2 nitrogen and oxygen atoms in total. The Morgan fingerprint density at radius 2 is 1.38 bits per heavy atom. The molecule has 1 heterocycles. The van der Waals surface area contributed by atoms with E-state index in [4.69, 9.17) is 34.8 Å². The summed E-state index contributed by atoms with van der Waals surface area (Å²) in [4.78, 5) is 4.15. The molecule has 21 heavy (non-hydrogen) atoms. The molecule has 0 amide bonds. The number of anilines is 1. The van der Waals surface area contributed by atoms with Gasteiger partial charge < -0.3 is 4.90 Å². The van der Waals surface area contributed by atoms with E-state index in [1.807, 2.05) is 41.3 Å². The van der Waals surface area contributed by atoms with Crippen LogP contribution < -0.4 is 4.90 Å². The number of hydrogen-bond donors (Lipinski definition) is 0. The van der Waals surface area contributed by atoms with Crippen LogP contribution >= 0.6 is 34.8 Å². The minimum Gasteiger partial charge on any atom is -0.350 e. The third-order valence-electron chi connectivity index (χ3n) is 3.68. The second-order valence-electron chi connectivity index (χ2n) is 4.97. The van der Waals surface area contributed by atoms with Gasteiger partial charge in [0.25, 0.3) is 0 Å². The predicted octanol–water partition coefficient (Wildman–Crippen LogP) is 4.84. The van der Waals surface area contributed by atoms with Crippen molar-refractivity contribution in [3.05, 3.63) is 66.2 Å². The fraction of sp³-hybridized carbons (Fsp3) is 0.250. The molecule has 1 aliphatic rings. The smallest absolute Gasteiger partial charge is 0.249 e. The monoisotopic (exact) mass is 340 g/mol. The van der Waals surface area contributed by atoms with Crippen LogP contribution in [0.5, 0.6) is 0 Å². The third-order valence-corrected chi connectivity index (χ3v) is 4.33. The van der Waals surface area contributed by atoms with Crippen LogP contribution in [0.3, 0.4) is 0 Å². The molecule has 0 N–H and O–H groups in total. The van der Waals surface area contributed by atoms with E-state index in [0.717, 1.165) is 17.8 Å². The van der Waals surface area contributed by atoms with Crippen LogP contribution in [0, 0.1) is 0 Å². The molecule has 1 aliphatic heterocycles. The van der Waals surface area contributed by atoms with Crippen molar-refractivity contribution in [2.45, 2.75) is 10.1 Å². The fourth-order valence-electron chi connectivity index (χ4n) is 2.77. The highest BCUT2D eigenvalue weighted by Gasteiger charge is 2.43. The molecular formula is C16H15Cl3N2. The Hall–Kier alpha value is -0.930. The number of hydrogen-bond acceptors (Lipinski definition) is 2. The summed E-state index contributed by atoms with van der Waals surface area (Å²) >= 11 is 18.5. The van der Waals surface area contributed by atoms with Gasteiger partial charge in [-0.15, -0.1) is 0 Å². The fourth-order valence-corrected chi connectivity index (χ4v) is 3.30. The number of nitrogens with zero attached hydrogens (tertiary/aromatic N) is 2. The van der Waals surface area contributed by atoms with Crippen molar-refractivity contribution in [3.63, 3.8) is 0 Å². The third kappa shape index (κ3) is 3.14. The van der Waals surface area contributed by atoms with Crippen molar-refractivity contribution >= 4 is 40.5 Å². The van der Waals surface area contributed by atoms with Gasteiger partial charge in [-0.25, -0.2) is 4.90 Å². The van der Waals surface area contributed by atoms with Crippen LogP contribution in [-0.4, -0.2) is 21.9 Å². The highest BCUT2D eigenvalue weighted by atomic mass is 35.6. The number of benzene rings is 2. The molecular weight excluding hydrogens is 327 g/mol. The molecule has 110 valence electrons. The standard InChI is InChI=1S/C16H15Cl3N2/c17-16(18,19)21-12-11-20(14-9-5-2-6-10-14)15(21)13-7-3-1-4-8-13/h1-10,15H,11-12H2. The molecule has 0 radical (unpaired) electrons. The second kappa shape index (κ2) is 6.05. The van der Waals surface area contributed by atoms with E-state index < -0.39 is 3.92 Å². The largest absolute Gasteiger partial charge is 0.350 e. The maximum absolute atomic E-state index is 6.17. The molecule has 2 aromatic rings. The topological polar surface area (TPSA) is 6.48 Å². The first-order valence-corrected chi connectivity index (χ1v) is 7.91. The van der Waals surface area contributed by atoms with E-state index in [0.29, 0.717) is 6.54 Å². The first-order valence-electron chi connectivity index (χ1n) is 6.77. The van der Waals surface area contributed by atoms with Crippen LogP contribution in [-0.2, 0) is 0 Å². The summed E-state index contributed by atoms with van der Waals surface area (Å²) in [5, 5.41) is 0. The molecule has 0 bridgehead atoms. The summed E-state index contributed by atoms with van der Waals surface area (Å²) in [6.45, 7) is 1.52. The van der Waals surface area contributed by atoms with Gasteiger partial charge in [0, 0.05) is 18.8 Å². The first kappa shape index (κ1) is 15.0. The molecule has 0 aromatic heterocycles. The molecule has 2 aromatic carbocycles. The van der Waals surface area contributed by atoms with Crippen molar-refractivity contribution in [1.29, 1.82) is 0 Å². The molecule has 1 saturated heterocycles. The maximum atomic E-state index is 6.17. The maximum Gasteiger partial charge on any atom is 0.249 e.